The van der Waals surface area contributed by atoms with E-state index in [9.17, 15) is 4.39 Å². The second-order valence-electron chi connectivity index (χ2n) is 4.78. The van der Waals surface area contributed by atoms with Crippen molar-refractivity contribution in [3.63, 3.8) is 0 Å². The Morgan fingerprint density at radius 1 is 1.56 bits per heavy atom. The molecule has 2 atom stereocenters. The third kappa shape index (κ3) is 3.65. The monoisotopic (exact) mass is 272 g/mol. The summed E-state index contributed by atoms with van der Waals surface area (Å²) >= 11 is 5.84. The van der Waals surface area contributed by atoms with Crippen LogP contribution in [-0.4, -0.2) is 36.7 Å². The number of hydrogen-bond acceptors (Lipinski definition) is 3. The Labute approximate surface area is 112 Å². The van der Waals surface area contributed by atoms with Crippen molar-refractivity contribution in [2.24, 2.45) is 5.73 Å². The van der Waals surface area contributed by atoms with Crippen molar-refractivity contribution < 1.29 is 9.13 Å². The molecule has 18 heavy (non-hydrogen) atoms. The first-order valence-corrected chi connectivity index (χ1v) is 6.47. The Balaban J connectivity index is 2.00. The molecule has 1 heterocycles. The van der Waals surface area contributed by atoms with Gasteiger partial charge in [0.05, 0.1) is 12.7 Å². The van der Waals surface area contributed by atoms with E-state index in [1.807, 2.05) is 6.92 Å². The quantitative estimate of drug-likeness (QED) is 0.915. The lowest BCUT2D eigenvalue weighted by Gasteiger charge is -2.34. The van der Waals surface area contributed by atoms with Crippen LogP contribution in [0.15, 0.2) is 18.2 Å². The van der Waals surface area contributed by atoms with Gasteiger partial charge in [0.2, 0.25) is 0 Å². The Hall–Kier alpha value is -0.680. The van der Waals surface area contributed by atoms with Crippen molar-refractivity contribution in [3.8, 4) is 0 Å². The van der Waals surface area contributed by atoms with Crippen molar-refractivity contribution in [1.29, 1.82) is 0 Å². The molecule has 0 bridgehead atoms. The van der Waals surface area contributed by atoms with Gasteiger partial charge in [-0.1, -0.05) is 11.6 Å². The van der Waals surface area contributed by atoms with Gasteiger partial charge < -0.3 is 10.5 Å². The van der Waals surface area contributed by atoms with Crippen LogP contribution in [0.5, 0.6) is 0 Å². The van der Waals surface area contributed by atoms with Crippen molar-refractivity contribution in [2.75, 3.05) is 19.7 Å². The third-order valence-corrected chi connectivity index (χ3v) is 3.31. The van der Waals surface area contributed by atoms with Gasteiger partial charge in [0.25, 0.3) is 0 Å². The lowest BCUT2D eigenvalue weighted by Crippen LogP contribution is -2.49. The molecule has 2 N–H and O–H groups in total. The number of ether oxygens (including phenoxy) is 1. The minimum Gasteiger partial charge on any atom is -0.374 e. The molecule has 1 aliphatic heterocycles. The van der Waals surface area contributed by atoms with Gasteiger partial charge in [-0.3, -0.25) is 4.90 Å². The summed E-state index contributed by atoms with van der Waals surface area (Å²) in [6.07, 6.45) is 0.0442. The summed E-state index contributed by atoms with van der Waals surface area (Å²) in [4.78, 5) is 2.21. The molecule has 1 saturated heterocycles. The normalized spacial score (nSPS) is 23.0. The molecule has 0 spiro atoms. The number of benzene rings is 1. The largest absolute Gasteiger partial charge is 0.374 e. The Bertz CT molecular complexity index is 394. The molecule has 0 aromatic heterocycles. The van der Waals surface area contributed by atoms with Crippen LogP contribution in [0.2, 0.25) is 5.02 Å². The molecule has 5 heteroatoms. The molecule has 100 valence electrons. The molecule has 3 nitrogen and oxygen atoms in total. The lowest BCUT2D eigenvalue weighted by molar-refractivity contribution is -0.0403. The number of morpholine rings is 1. The van der Waals surface area contributed by atoms with Crippen molar-refractivity contribution >= 4 is 11.6 Å². The van der Waals surface area contributed by atoms with Crippen LogP contribution in [0.4, 0.5) is 4.39 Å². The van der Waals surface area contributed by atoms with Crippen molar-refractivity contribution in [3.05, 3.63) is 34.6 Å². The molecule has 1 aliphatic rings. The Morgan fingerprint density at radius 3 is 3.00 bits per heavy atom. The maximum atomic E-state index is 13.2. The van der Waals surface area contributed by atoms with Gasteiger partial charge in [0.1, 0.15) is 5.82 Å². The van der Waals surface area contributed by atoms with Gasteiger partial charge in [-0.2, -0.15) is 0 Å². The number of nitrogens with two attached hydrogens (primary N) is 1. The summed E-state index contributed by atoms with van der Waals surface area (Å²) in [5.41, 5.74) is 6.72. The molecule has 0 amide bonds. The van der Waals surface area contributed by atoms with Crippen LogP contribution in [-0.2, 0) is 11.3 Å². The number of halogens is 2. The fourth-order valence-corrected chi connectivity index (χ4v) is 2.40. The van der Waals surface area contributed by atoms with E-state index in [4.69, 9.17) is 22.1 Å². The highest BCUT2D eigenvalue weighted by Crippen LogP contribution is 2.17. The highest BCUT2D eigenvalue weighted by molar-refractivity contribution is 6.30. The van der Waals surface area contributed by atoms with Crippen LogP contribution in [0.3, 0.4) is 0 Å². The average molecular weight is 273 g/mol. The van der Waals surface area contributed by atoms with Gasteiger partial charge in [-0.25, -0.2) is 4.39 Å². The van der Waals surface area contributed by atoms with Gasteiger partial charge in [-0.15, -0.1) is 0 Å². The number of nitrogens with zero attached hydrogens (tertiary/aromatic N) is 1. The summed E-state index contributed by atoms with van der Waals surface area (Å²) in [5, 5.41) is 0.432. The molecule has 2 rings (SSSR count). The molecule has 1 aromatic carbocycles. The SMILES string of the molecule is CC(N)C1CN(Cc2cc(F)cc(Cl)c2)CCO1. The molecular formula is C13H18ClFN2O. The first-order chi connectivity index (χ1) is 8.54. The lowest BCUT2D eigenvalue weighted by atomic mass is 10.1. The fourth-order valence-electron chi connectivity index (χ4n) is 2.15. The second kappa shape index (κ2) is 5.97. The average Bonchev–Trinajstić information content (AvgIpc) is 2.27. The van der Waals surface area contributed by atoms with Crippen molar-refractivity contribution in [1.82, 2.24) is 4.90 Å². The fraction of sp³-hybridized carbons (Fsp3) is 0.538. The minimum atomic E-state index is -0.297. The van der Waals surface area contributed by atoms with E-state index >= 15 is 0 Å². The van der Waals surface area contributed by atoms with Gasteiger partial charge in [0.15, 0.2) is 0 Å². The van der Waals surface area contributed by atoms with E-state index in [1.165, 1.54) is 12.1 Å². The molecule has 0 aliphatic carbocycles. The Kier molecular flexibility index (Phi) is 4.56. The second-order valence-corrected chi connectivity index (χ2v) is 5.22. The first-order valence-electron chi connectivity index (χ1n) is 6.09. The smallest absolute Gasteiger partial charge is 0.125 e. The maximum absolute atomic E-state index is 13.2. The molecule has 1 aromatic rings. The third-order valence-electron chi connectivity index (χ3n) is 3.09. The predicted octanol–water partition coefficient (Wildman–Crippen LogP) is 2.03. The standard InChI is InChI=1S/C13H18ClFN2O/c1-9(16)13-8-17(2-3-18-13)7-10-4-11(14)6-12(15)5-10/h4-6,9,13H,2-3,7-8,16H2,1H3. The van der Waals surface area contributed by atoms with Gasteiger partial charge in [0, 0.05) is 30.7 Å². The van der Waals surface area contributed by atoms with E-state index < -0.39 is 0 Å². The van der Waals surface area contributed by atoms with E-state index in [0.717, 1.165) is 18.7 Å². The molecule has 0 radical (unpaired) electrons. The van der Waals surface area contributed by atoms with Gasteiger partial charge >= 0.3 is 0 Å². The summed E-state index contributed by atoms with van der Waals surface area (Å²) in [5.74, 6) is -0.297. The molecular weight excluding hydrogens is 255 g/mol. The zero-order chi connectivity index (χ0) is 13.1. The van der Waals surface area contributed by atoms with Crippen LogP contribution >= 0.6 is 11.6 Å². The summed E-state index contributed by atoms with van der Waals surface area (Å²) in [6, 6.07) is 4.63. The van der Waals surface area contributed by atoms with Crippen LogP contribution in [0.1, 0.15) is 12.5 Å². The van der Waals surface area contributed by atoms with E-state index in [2.05, 4.69) is 4.90 Å². The zero-order valence-electron chi connectivity index (χ0n) is 10.4. The van der Waals surface area contributed by atoms with E-state index in [-0.39, 0.29) is 18.0 Å². The highest BCUT2D eigenvalue weighted by atomic mass is 35.5. The minimum absolute atomic E-state index is 0.00361. The highest BCUT2D eigenvalue weighted by Gasteiger charge is 2.23. The summed E-state index contributed by atoms with van der Waals surface area (Å²) in [6.45, 7) is 4.87. The van der Waals surface area contributed by atoms with Crippen LogP contribution < -0.4 is 5.73 Å². The molecule has 2 unspecified atom stereocenters. The number of hydrogen-bond donors (Lipinski definition) is 1. The van der Waals surface area contributed by atoms with E-state index in [0.29, 0.717) is 18.2 Å². The topological polar surface area (TPSA) is 38.5 Å². The Morgan fingerprint density at radius 2 is 2.33 bits per heavy atom. The first kappa shape index (κ1) is 13.7. The summed E-state index contributed by atoms with van der Waals surface area (Å²) < 4.78 is 18.8. The predicted molar refractivity (Wildman–Crippen MR) is 70.1 cm³/mol. The van der Waals surface area contributed by atoms with E-state index in [1.54, 1.807) is 6.07 Å². The maximum Gasteiger partial charge on any atom is 0.125 e. The molecule has 1 fully saturated rings. The number of rotatable bonds is 3. The van der Waals surface area contributed by atoms with Crippen molar-refractivity contribution in [2.45, 2.75) is 25.6 Å². The molecule has 0 saturated carbocycles. The van der Waals surface area contributed by atoms with Crippen LogP contribution in [0, 0.1) is 5.82 Å². The summed E-state index contributed by atoms with van der Waals surface area (Å²) in [7, 11) is 0. The van der Waals surface area contributed by atoms with Crippen LogP contribution in [0.25, 0.3) is 0 Å². The van der Waals surface area contributed by atoms with Gasteiger partial charge in [-0.05, 0) is 30.7 Å². The zero-order valence-corrected chi connectivity index (χ0v) is 11.2.